The van der Waals surface area contributed by atoms with Crippen molar-refractivity contribution < 1.29 is 31.0 Å². The molecule has 12 heteroatoms. The summed E-state index contributed by atoms with van der Waals surface area (Å²) in [5, 5.41) is 11.4. The van der Waals surface area contributed by atoms with Gasteiger partial charge in [-0.05, 0) is 60.5 Å². The normalized spacial score (nSPS) is 11.6. The molecule has 4 aromatic carbocycles. The van der Waals surface area contributed by atoms with Crippen molar-refractivity contribution in [1.82, 2.24) is 0 Å². The van der Waals surface area contributed by atoms with E-state index in [-0.39, 0.29) is 22.2 Å². The zero-order valence-corrected chi connectivity index (χ0v) is 26.1. The summed E-state index contributed by atoms with van der Waals surface area (Å²) in [6.07, 6.45) is 13.4. The van der Waals surface area contributed by atoms with Gasteiger partial charge in [-0.25, -0.2) is 0 Å². The minimum Gasteiger partial charge on any atom is -0.505 e. The molecule has 0 bridgehead atoms. The van der Waals surface area contributed by atoms with Crippen LogP contribution in [0.2, 0.25) is 0 Å². The zero-order chi connectivity index (χ0) is 32.8. The van der Waals surface area contributed by atoms with Crippen LogP contribution in [0.3, 0.4) is 0 Å². The Morgan fingerprint density at radius 3 is 1.95 bits per heavy atom. The van der Waals surface area contributed by atoms with E-state index in [1.54, 1.807) is 12.1 Å². The van der Waals surface area contributed by atoms with Crippen LogP contribution in [0, 0.1) is 0 Å². The van der Waals surface area contributed by atoms with E-state index in [0.717, 1.165) is 17.9 Å². The molecule has 0 radical (unpaired) electrons. The minimum absolute atomic E-state index is 0.0647. The number of rotatable bonds is 5. The lowest BCUT2D eigenvalue weighted by atomic mass is 10.1. The molecule has 0 saturated heterocycles. The van der Waals surface area contributed by atoms with Gasteiger partial charge in [0.15, 0.2) is 0 Å². The third-order valence-corrected chi connectivity index (χ3v) is 7.19. The van der Waals surface area contributed by atoms with Gasteiger partial charge in [-0.1, -0.05) is 81.5 Å². The highest BCUT2D eigenvalue weighted by atomic mass is 32.2. The summed E-state index contributed by atoms with van der Waals surface area (Å²) in [6.45, 7) is 8.13. The Balaban J connectivity index is 0.000000335. The van der Waals surface area contributed by atoms with Crippen LogP contribution in [0.1, 0.15) is 34.1 Å². The van der Waals surface area contributed by atoms with Crippen molar-refractivity contribution in [3.8, 4) is 5.75 Å². The maximum Gasteiger partial charge on any atom is 0.295 e. The number of hydrogen-bond acceptors (Lipinski definition) is 8. The molecule has 0 heterocycles. The van der Waals surface area contributed by atoms with Crippen LogP contribution >= 0.6 is 0 Å². The van der Waals surface area contributed by atoms with Crippen LogP contribution in [-0.2, 0) is 20.2 Å². The van der Waals surface area contributed by atoms with Crippen molar-refractivity contribution in [2.45, 2.75) is 43.9 Å². The molecule has 232 valence electrons. The van der Waals surface area contributed by atoms with Gasteiger partial charge in [0.1, 0.15) is 10.6 Å². The summed E-state index contributed by atoms with van der Waals surface area (Å²) in [4.78, 5) is -1.26. The average Bonchev–Trinajstić information content (AvgIpc) is 2.95. The van der Waals surface area contributed by atoms with Crippen LogP contribution < -0.4 is 17.2 Å². The predicted molar refractivity (Wildman–Crippen MR) is 177 cm³/mol. The Labute approximate surface area is 253 Å². The largest absolute Gasteiger partial charge is 0.505 e. The van der Waals surface area contributed by atoms with Gasteiger partial charge in [0.25, 0.3) is 20.2 Å². The monoisotopic (exact) mass is 629 g/mol. The molecular formula is C31H39N3O7S2. The number of aromatic hydroxyl groups is 1. The molecule has 43 heavy (non-hydrogen) atoms. The van der Waals surface area contributed by atoms with Crippen LogP contribution in [0.25, 0.3) is 21.5 Å². The Bertz CT molecular complexity index is 1830. The molecule has 0 fully saturated rings. The standard InChI is InChI=1S/C10H10N2O.C10H9NO6S2.C9H14.C2H6/c11-7-3-1-2-6-4-5-8(12)10(13)9(6)7;11-7-2-1-6-3-8(18(12,13)14)5-10(9(6)4-7)19(15,16)17;1-3-5-7-9-8-6-4-2;1-2/h1-5,13H,11-12H2;1-5H,11H2,(H,12,13,14)(H,15,16,17);3,5-9H,4H2,1-2H3;1-2H3/b;;5-3+,8-6+,9-7+;. The number of hydrogen-bond donors (Lipinski definition) is 6. The maximum atomic E-state index is 11.3. The van der Waals surface area contributed by atoms with Crippen molar-refractivity contribution in [3.63, 3.8) is 0 Å². The fraction of sp³-hybridized carbons (Fsp3) is 0.161. The molecular weight excluding hydrogens is 590 g/mol. The molecule has 0 aliphatic carbocycles. The highest BCUT2D eigenvalue weighted by molar-refractivity contribution is 7.86. The highest BCUT2D eigenvalue weighted by Crippen LogP contribution is 2.34. The van der Waals surface area contributed by atoms with Gasteiger partial charge < -0.3 is 22.3 Å². The lowest BCUT2D eigenvalue weighted by molar-refractivity contribution is 0.481. The molecule has 0 saturated carbocycles. The van der Waals surface area contributed by atoms with Crippen molar-refractivity contribution in [2.75, 3.05) is 17.2 Å². The molecule has 0 atom stereocenters. The molecule has 4 rings (SSSR count). The van der Waals surface area contributed by atoms with Gasteiger partial charge >= 0.3 is 0 Å². The van der Waals surface area contributed by atoms with Gasteiger partial charge in [-0.3, -0.25) is 9.11 Å². The van der Waals surface area contributed by atoms with Crippen LogP contribution in [0.4, 0.5) is 17.1 Å². The van der Waals surface area contributed by atoms with Crippen molar-refractivity contribution in [3.05, 3.63) is 97.1 Å². The number of nitrogen functional groups attached to an aromatic ring is 3. The first-order valence-corrected chi connectivity index (χ1v) is 16.1. The second-order valence-corrected chi connectivity index (χ2v) is 11.4. The summed E-state index contributed by atoms with van der Waals surface area (Å²) in [5.41, 5.74) is 17.9. The fourth-order valence-corrected chi connectivity index (χ4v) is 4.88. The lowest BCUT2D eigenvalue weighted by Crippen LogP contribution is -2.04. The average molecular weight is 630 g/mol. The molecule has 10 nitrogen and oxygen atoms in total. The van der Waals surface area contributed by atoms with E-state index in [1.807, 2.05) is 63.3 Å². The SMILES string of the molecule is C/C=C/C=C/C=C/CC.CC.Nc1ccc2cc(S(=O)(=O)O)cc(S(=O)(=O)O)c2c1.Nc1ccc2cccc(N)c2c1O. The molecule has 0 aliphatic heterocycles. The third-order valence-electron chi connectivity index (χ3n) is 5.47. The minimum atomic E-state index is -4.66. The third kappa shape index (κ3) is 11.1. The van der Waals surface area contributed by atoms with Gasteiger partial charge in [-0.15, -0.1) is 0 Å². The predicted octanol–water partition coefficient (Wildman–Crippen LogP) is 6.74. The summed E-state index contributed by atoms with van der Waals surface area (Å²) in [7, 11) is -9.25. The Kier molecular flexibility index (Phi) is 14.4. The fourth-order valence-electron chi connectivity index (χ4n) is 3.54. The molecule has 0 aromatic heterocycles. The van der Waals surface area contributed by atoms with E-state index < -0.39 is 30.0 Å². The number of benzene rings is 4. The van der Waals surface area contributed by atoms with Crippen LogP contribution in [0.15, 0.2) is 107 Å². The lowest BCUT2D eigenvalue weighted by Gasteiger charge is -2.07. The number of phenols is 1. The van der Waals surface area contributed by atoms with Gasteiger partial charge in [-0.2, -0.15) is 16.8 Å². The Morgan fingerprint density at radius 1 is 0.744 bits per heavy atom. The first kappa shape index (κ1) is 36.7. The van der Waals surface area contributed by atoms with E-state index in [2.05, 4.69) is 19.1 Å². The molecule has 0 unspecified atom stereocenters. The van der Waals surface area contributed by atoms with Gasteiger partial charge in [0, 0.05) is 22.1 Å². The second-order valence-electron chi connectivity index (χ2n) is 8.55. The van der Waals surface area contributed by atoms with E-state index in [1.165, 1.54) is 18.2 Å². The van der Waals surface area contributed by atoms with Gasteiger partial charge in [0.2, 0.25) is 0 Å². The number of phenolic OH excluding ortho intramolecular Hbond substituents is 1. The molecule has 0 amide bonds. The molecule has 0 aliphatic rings. The van der Waals surface area contributed by atoms with Crippen LogP contribution in [-0.4, -0.2) is 31.0 Å². The molecule has 0 spiro atoms. The first-order valence-electron chi connectivity index (χ1n) is 13.2. The van der Waals surface area contributed by atoms with E-state index in [9.17, 15) is 21.9 Å². The number of anilines is 3. The van der Waals surface area contributed by atoms with Crippen LogP contribution in [0.5, 0.6) is 5.75 Å². The van der Waals surface area contributed by atoms with Crippen molar-refractivity contribution in [1.29, 1.82) is 0 Å². The quantitative estimate of drug-likeness (QED) is 0.0593. The van der Waals surface area contributed by atoms with Crippen molar-refractivity contribution >= 4 is 58.8 Å². The van der Waals surface area contributed by atoms with E-state index in [4.69, 9.17) is 26.3 Å². The maximum absolute atomic E-state index is 11.3. The summed E-state index contributed by atoms with van der Waals surface area (Å²) >= 11 is 0. The first-order chi connectivity index (χ1) is 20.2. The smallest absolute Gasteiger partial charge is 0.295 e. The Morgan fingerprint density at radius 2 is 1.37 bits per heavy atom. The summed E-state index contributed by atoms with van der Waals surface area (Å²) in [6, 6.07) is 14.8. The number of fused-ring (bicyclic) bond motifs is 2. The Hall–Kier alpha value is -4.36. The zero-order valence-electron chi connectivity index (χ0n) is 24.5. The van der Waals surface area contributed by atoms with Gasteiger partial charge in [0.05, 0.1) is 10.6 Å². The summed E-state index contributed by atoms with van der Waals surface area (Å²) < 4.78 is 62.8. The van der Waals surface area contributed by atoms with E-state index >= 15 is 0 Å². The highest BCUT2D eigenvalue weighted by Gasteiger charge is 2.20. The summed E-state index contributed by atoms with van der Waals surface area (Å²) in [5.74, 6) is 0.0654. The second kappa shape index (κ2) is 16.9. The molecule has 4 aromatic rings. The topological polar surface area (TPSA) is 207 Å². The van der Waals surface area contributed by atoms with E-state index in [0.29, 0.717) is 22.8 Å². The molecule has 9 N–H and O–H groups in total. The van der Waals surface area contributed by atoms with Crippen molar-refractivity contribution in [2.24, 2.45) is 0 Å². The number of allylic oxidation sites excluding steroid dienone is 6. The number of nitrogens with two attached hydrogens (primary N) is 3.